The minimum atomic E-state index is -0.0126. The monoisotopic (exact) mass is 175 g/mol. The molecule has 0 saturated carbocycles. The van der Waals surface area contributed by atoms with Gasteiger partial charge in [-0.05, 0) is 31.3 Å². The van der Waals surface area contributed by atoms with E-state index in [-0.39, 0.29) is 5.54 Å². The van der Waals surface area contributed by atoms with Gasteiger partial charge in [-0.2, -0.15) is 11.8 Å². The molecule has 0 aromatic heterocycles. The molecule has 0 aliphatic carbocycles. The normalized spacial score (nSPS) is 32.2. The van der Waals surface area contributed by atoms with E-state index in [2.05, 4.69) is 6.26 Å². The molecule has 1 rings (SSSR count). The lowest BCUT2D eigenvalue weighted by atomic mass is 9.91. The van der Waals surface area contributed by atoms with Crippen LogP contribution in [0.1, 0.15) is 19.3 Å². The highest BCUT2D eigenvalue weighted by Crippen LogP contribution is 2.21. The zero-order valence-electron chi connectivity index (χ0n) is 7.14. The van der Waals surface area contributed by atoms with Gasteiger partial charge < -0.3 is 10.5 Å². The van der Waals surface area contributed by atoms with Crippen LogP contribution in [-0.2, 0) is 4.74 Å². The lowest BCUT2D eigenvalue weighted by Crippen LogP contribution is -2.47. The molecule has 3 heteroatoms. The van der Waals surface area contributed by atoms with Gasteiger partial charge in [-0.1, -0.05) is 0 Å². The molecular weight excluding hydrogens is 158 g/mol. The third-order valence-corrected chi connectivity index (χ3v) is 2.77. The van der Waals surface area contributed by atoms with Crippen LogP contribution < -0.4 is 5.73 Å². The van der Waals surface area contributed by atoms with Gasteiger partial charge >= 0.3 is 0 Å². The van der Waals surface area contributed by atoms with E-state index in [4.69, 9.17) is 10.5 Å². The second-order valence-corrected chi connectivity index (χ2v) is 4.25. The van der Waals surface area contributed by atoms with Crippen LogP contribution in [0.5, 0.6) is 0 Å². The molecule has 0 bridgehead atoms. The van der Waals surface area contributed by atoms with Crippen molar-refractivity contribution in [2.75, 3.05) is 25.2 Å². The van der Waals surface area contributed by atoms with E-state index in [1.807, 2.05) is 11.8 Å². The van der Waals surface area contributed by atoms with E-state index in [1.54, 1.807) is 0 Å². The summed E-state index contributed by atoms with van der Waals surface area (Å²) in [5.74, 6) is 1.15. The Morgan fingerprint density at radius 2 is 2.45 bits per heavy atom. The van der Waals surface area contributed by atoms with E-state index >= 15 is 0 Å². The standard InChI is InChI=1S/C8H17NOS/c1-11-6-4-8(9)3-2-5-10-7-8/h2-7,9H2,1H3. The average Bonchev–Trinajstić information content (AvgIpc) is 2.03. The highest BCUT2D eigenvalue weighted by molar-refractivity contribution is 7.98. The highest BCUT2D eigenvalue weighted by atomic mass is 32.2. The molecule has 0 radical (unpaired) electrons. The van der Waals surface area contributed by atoms with Gasteiger partial charge in [0.15, 0.2) is 0 Å². The van der Waals surface area contributed by atoms with Crippen LogP contribution in [0.2, 0.25) is 0 Å². The number of ether oxygens (including phenoxy) is 1. The van der Waals surface area contributed by atoms with Crippen molar-refractivity contribution in [2.24, 2.45) is 5.73 Å². The van der Waals surface area contributed by atoms with Crippen LogP contribution in [0, 0.1) is 0 Å². The van der Waals surface area contributed by atoms with E-state index in [9.17, 15) is 0 Å². The average molecular weight is 175 g/mol. The van der Waals surface area contributed by atoms with Crippen LogP contribution in [0.25, 0.3) is 0 Å². The number of nitrogens with two attached hydrogens (primary N) is 1. The fourth-order valence-corrected chi connectivity index (χ4v) is 1.99. The van der Waals surface area contributed by atoms with Crippen LogP contribution in [0.4, 0.5) is 0 Å². The van der Waals surface area contributed by atoms with Gasteiger partial charge in [-0.25, -0.2) is 0 Å². The summed E-state index contributed by atoms with van der Waals surface area (Å²) in [7, 11) is 0. The fraction of sp³-hybridized carbons (Fsp3) is 1.00. The molecule has 1 atom stereocenters. The first kappa shape index (κ1) is 9.36. The lowest BCUT2D eigenvalue weighted by molar-refractivity contribution is 0.0370. The largest absolute Gasteiger partial charge is 0.380 e. The molecule has 1 aliphatic heterocycles. The fourth-order valence-electron chi connectivity index (χ4n) is 1.38. The Morgan fingerprint density at radius 1 is 1.64 bits per heavy atom. The molecule has 1 fully saturated rings. The van der Waals surface area contributed by atoms with Crippen molar-refractivity contribution in [2.45, 2.75) is 24.8 Å². The molecular formula is C8H17NOS. The molecule has 66 valence electrons. The molecule has 1 unspecified atom stereocenters. The zero-order valence-corrected chi connectivity index (χ0v) is 7.95. The second kappa shape index (κ2) is 4.33. The first-order chi connectivity index (χ1) is 5.27. The van der Waals surface area contributed by atoms with Crippen LogP contribution in [0.15, 0.2) is 0 Å². The Kier molecular flexibility index (Phi) is 3.69. The minimum Gasteiger partial charge on any atom is -0.380 e. The van der Waals surface area contributed by atoms with Gasteiger partial charge in [0, 0.05) is 12.1 Å². The van der Waals surface area contributed by atoms with E-state index in [0.717, 1.165) is 38.2 Å². The van der Waals surface area contributed by atoms with E-state index in [0.29, 0.717) is 0 Å². The van der Waals surface area contributed by atoms with Crippen molar-refractivity contribution in [3.63, 3.8) is 0 Å². The van der Waals surface area contributed by atoms with Gasteiger partial charge in [0.2, 0.25) is 0 Å². The Labute approximate surface area is 72.9 Å². The summed E-state index contributed by atoms with van der Waals surface area (Å²) >= 11 is 1.86. The summed E-state index contributed by atoms with van der Waals surface area (Å²) < 4.78 is 5.35. The Balaban J connectivity index is 2.25. The van der Waals surface area contributed by atoms with Gasteiger partial charge in [-0.15, -0.1) is 0 Å². The zero-order chi connectivity index (χ0) is 8.16. The van der Waals surface area contributed by atoms with Gasteiger partial charge in [0.05, 0.1) is 6.61 Å². The smallest absolute Gasteiger partial charge is 0.0646 e. The number of hydrogen-bond donors (Lipinski definition) is 1. The quantitative estimate of drug-likeness (QED) is 0.701. The molecule has 0 aromatic rings. The summed E-state index contributed by atoms with van der Waals surface area (Å²) in [6.07, 6.45) is 5.47. The first-order valence-corrected chi connectivity index (χ1v) is 5.52. The van der Waals surface area contributed by atoms with Gasteiger partial charge in [-0.3, -0.25) is 0 Å². The number of rotatable bonds is 3. The summed E-state index contributed by atoms with van der Waals surface area (Å²) in [4.78, 5) is 0. The molecule has 1 aliphatic rings. The third kappa shape index (κ3) is 3.01. The molecule has 2 nitrogen and oxygen atoms in total. The molecule has 1 heterocycles. The SMILES string of the molecule is CSCCC1(N)CCCOC1. The van der Waals surface area contributed by atoms with E-state index in [1.165, 1.54) is 0 Å². The molecule has 0 amide bonds. The van der Waals surface area contributed by atoms with Crippen molar-refractivity contribution < 1.29 is 4.74 Å². The predicted octanol–water partition coefficient (Wildman–Crippen LogP) is 1.25. The van der Waals surface area contributed by atoms with Crippen LogP contribution >= 0.6 is 11.8 Å². The van der Waals surface area contributed by atoms with Crippen molar-refractivity contribution in [3.8, 4) is 0 Å². The van der Waals surface area contributed by atoms with Crippen LogP contribution in [-0.4, -0.2) is 30.8 Å². The maximum absolute atomic E-state index is 6.11. The second-order valence-electron chi connectivity index (χ2n) is 3.26. The van der Waals surface area contributed by atoms with Crippen molar-refractivity contribution in [1.82, 2.24) is 0 Å². The summed E-state index contributed by atoms with van der Waals surface area (Å²) in [5, 5.41) is 0. The summed E-state index contributed by atoms with van der Waals surface area (Å²) in [5.41, 5.74) is 6.09. The Hall–Kier alpha value is 0.270. The summed E-state index contributed by atoms with van der Waals surface area (Å²) in [6.45, 7) is 1.66. The predicted molar refractivity (Wildman–Crippen MR) is 50.0 cm³/mol. The third-order valence-electron chi connectivity index (χ3n) is 2.16. The van der Waals surface area contributed by atoms with Crippen molar-refractivity contribution >= 4 is 11.8 Å². The highest BCUT2D eigenvalue weighted by Gasteiger charge is 2.27. The number of hydrogen-bond acceptors (Lipinski definition) is 3. The topological polar surface area (TPSA) is 35.2 Å². The maximum atomic E-state index is 6.11. The van der Waals surface area contributed by atoms with Gasteiger partial charge in [0.25, 0.3) is 0 Å². The van der Waals surface area contributed by atoms with Gasteiger partial charge in [0.1, 0.15) is 0 Å². The molecule has 0 spiro atoms. The Bertz CT molecular complexity index is 113. The maximum Gasteiger partial charge on any atom is 0.0646 e. The lowest BCUT2D eigenvalue weighted by Gasteiger charge is -2.32. The van der Waals surface area contributed by atoms with Crippen molar-refractivity contribution in [3.05, 3.63) is 0 Å². The van der Waals surface area contributed by atoms with E-state index < -0.39 is 0 Å². The number of thioether (sulfide) groups is 1. The first-order valence-electron chi connectivity index (χ1n) is 4.12. The molecule has 0 aromatic carbocycles. The molecule has 1 saturated heterocycles. The minimum absolute atomic E-state index is 0.0126. The summed E-state index contributed by atoms with van der Waals surface area (Å²) in [6, 6.07) is 0. The van der Waals surface area contributed by atoms with Crippen molar-refractivity contribution in [1.29, 1.82) is 0 Å². The van der Waals surface area contributed by atoms with Crippen LogP contribution in [0.3, 0.4) is 0 Å². The molecule has 2 N–H and O–H groups in total. The Morgan fingerprint density at radius 3 is 3.00 bits per heavy atom. The molecule has 11 heavy (non-hydrogen) atoms.